The van der Waals surface area contributed by atoms with Gasteiger partial charge in [-0.2, -0.15) is 0 Å². The third kappa shape index (κ3) is 4.87. The first-order valence-corrected chi connectivity index (χ1v) is 8.49. The van der Waals surface area contributed by atoms with Crippen LogP contribution in [0.4, 0.5) is 0 Å². The first kappa shape index (κ1) is 16.1. The van der Waals surface area contributed by atoms with Crippen molar-refractivity contribution in [3.8, 4) is 0 Å². The van der Waals surface area contributed by atoms with Crippen molar-refractivity contribution in [1.82, 2.24) is 4.90 Å². The standard InChI is InChI=1S/C19H29NO/c1-3-4-8-16-11-13-18(14-12-16)19(21)20(2)15-17-9-6-5-7-10-17/h5-7,9-10,16,18H,3-4,8,11-15H2,1-2H3. The van der Waals surface area contributed by atoms with E-state index < -0.39 is 0 Å². The summed E-state index contributed by atoms with van der Waals surface area (Å²) in [6, 6.07) is 10.3. The molecule has 1 amide bonds. The average molecular weight is 287 g/mol. The third-order valence-electron chi connectivity index (χ3n) is 4.80. The summed E-state index contributed by atoms with van der Waals surface area (Å²) in [5.74, 6) is 1.47. The number of amides is 1. The normalized spacial score (nSPS) is 22.0. The number of unbranched alkanes of at least 4 members (excludes halogenated alkanes) is 1. The lowest BCUT2D eigenvalue weighted by molar-refractivity contribution is -0.136. The molecule has 1 fully saturated rings. The van der Waals surface area contributed by atoms with E-state index in [0.29, 0.717) is 5.91 Å². The molecule has 2 nitrogen and oxygen atoms in total. The molecule has 1 aliphatic rings. The summed E-state index contributed by atoms with van der Waals surface area (Å²) in [7, 11) is 1.94. The summed E-state index contributed by atoms with van der Waals surface area (Å²) in [6.45, 7) is 2.99. The molecule has 0 N–H and O–H groups in total. The fourth-order valence-electron chi connectivity index (χ4n) is 3.44. The summed E-state index contributed by atoms with van der Waals surface area (Å²) in [5, 5.41) is 0. The van der Waals surface area contributed by atoms with E-state index in [4.69, 9.17) is 0 Å². The lowest BCUT2D eigenvalue weighted by atomic mass is 9.79. The smallest absolute Gasteiger partial charge is 0.225 e. The Kier molecular flexibility index (Phi) is 6.28. The van der Waals surface area contributed by atoms with Crippen LogP contribution in [0.3, 0.4) is 0 Å². The predicted molar refractivity (Wildman–Crippen MR) is 87.9 cm³/mol. The Morgan fingerprint density at radius 3 is 2.43 bits per heavy atom. The summed E-state index contributed by atoms with van der Waals surface area (Å²) in [4.78, 5) is 14.5. The molecule has 1 aromatic carbocycles. The van der Waals surface area contributed by atoms with Crippen LogP contribution in [0.1, 0.15) is 57.4 Å². The van der Waals surface area contributed by atoms with E-state index in [9.17, 15) is 4.79 Å². The van der Waals surface area contributed by atoms with Gasteiger partial charge in [0, 0.05) is 19.5 Å². The van der Waals surface area contributed by atoms with Gasteiger partial charge in [-0.1, -0.05) is 56.5 Å². The van der Waals surface area contributed by atoms with Crippen LogP contribution in [0.2, 0.25) is 0 Å². The van der Waals surface area contributed by atoms with Gasteiger partial charge in [-0.25, -0.2) is 0 Å². The maximum Gasteiger partial charge on any atom is 0.225 e. The van der Waals surface area contributed by atoms with Crippen LogP contribution >= 0.6 is 0 Å². The number of benzene rings is 1. The molecule has 0 aromatic heterocycles. The van der Waals surface area contributed by atoms with Crippen LogP contribution in [-0.2, 0) is 11.3 Å². The van der Waals surface area contributed by atoms with Crippen LogP contribution < -0.4 is 0 Å². The van der Waals surface area contributed by atoms with Gasteiger partial charge in [0.1, 0.15) is 0 Å². The van der Waals surface area contributed by atoms with Crippen LogP contribution in [0, 0.1) is 11.8 Å². The highest BCUT2D eigenvalue weighted by atomic mass is 16.2. The largest absolute Gasteiger partial charge is 0.341 e. The third-order valence-corrected chi connectivity index (χ3v) is 4.80. The zero-order valence-corrected chi connectivity index (χ0v) is 13.6. The Labute approximate surface area is 129 Å². The van der Waals surface area contributed by atoms with Crippen molar-refractivity contribution in [2.45, 2.75) is 58.4 Å². The SMILES string of the molecule is CCCCC1CCC(C(=O)N(C)Cc2ccccc2)CC1. The highest BCUT2D eigenvalue weighted by Gasteiger charge is 2.27. The summed E-state index contributed by atoms with van der Waals surface area (Å²) in [6.07, 6.45) is 8.66. The number of carbonyl (C=O) groups is 1. The summed E-state index contributed by atoms with van der Waals surface area (Å²) >= 11 is 0. The monoisotopic (exact) mass is 287 g/mol. The molecule has 0 aliphatic heterocycles. The number of carbonyl (C=O) groups excluding carboxylic acids is 1. The molecule has 0 radical (unpaired) electrons. The molecule has 0 heterocycles. The Bertz CT molecular complexity index is 420. The highest BCUT2D eigenvalue weighted by Crippen LogP contribution is 2.32. The number of nitrogens with zero attached hydrogens (tertiary/aromatic N) is 1. The molecule has 0 unspecified atom stereocenters. The van der Waals surface area contributed by atoms with Gasteiger partial charge in [-0.05, 0) is 37.2 Å². The lowest BCUT2D eigenvalue weighted by Crippen LogP contribution is -2.34. The summed E-state index contributed by atoms with van der Waals surface area (Å²) in [5.41, 5.74) is 1.21. The molecule has 116 valence electrons. The molecule has 0 spiro atoms. The quantitative estimate of drug-likeness (QED) is 0.746. The maximum atomic E-state index is 12.5. The van der Waals surface area contributed by atoms with Gasteiger partial charge in [0.15, 0.2) is 0 Å². The van der Waals surface area contributed by atoms with Gasteiger partial charge in [-0.3, -0.25) is 4.79 Å². The van der Waals surface area contributed by atoms with Gasteiger partial charge in [0.2, 0.25) is 5.91 Å². The molecule has 0 atom stereocenters. The Morgan fingerprint density at radius 1 is 1.14 bits per heavy atom. The fourth-order valence-corrected chi connectivity index (χ4v) is 3.44. The second kappa shape index (κ2) is 8.21. The molecule has 2 rings (SSSR count). The van der Waals surface area contributed by atoms with Crippen molar-refractivity contribution in [3.05, 3.63) is 35.9 Å². The fraction of sp³-hybridized carbons (Fsp3) is 0.632. The van der Waals surface area contributed by atoms with E-state index in [-0.39, 0.29) is 5.92 Å². The van der Waals surface area contributed by atoms with E-state index in [1.807, 2.05) is 30.1 Å². The first-order chi connectivity index (χ1) is 10.2. The van der Waals surface area contributed by atoms with E-state index in [1.165, 1.54) is 37.7 Å². The molecule has 1 aromatic rings. The molecule has 2 heteroatoms. The van der Waals surface area contributed by atoms with Crippen LogP contribution in [0.15, 0.2) is 30.3 Å². The van der Waals surface area contributed by atoms with Crippen molar-refractivity contribution in [1.29, 1.82) is 0 Å². The predicted octanol–water partition coefficient (Wildman–Crippen LogP) is 4.64. The van der Waals surface area contributed by atoms with E-state index >= 15 is 0 Å². The van der Waals surface area contributed by atoms with Crippen LogP contribution in [0.25, 0.3) is 0 Å². The van der Waals surface area contributed by atoms with Crippen molar-refractivity contribution in [3.63, 3.8) is 0 Å². The Hall–Kier alpha value is -1.31. The van der Waals surface area contributed by atoms with Crippen molar-refractivity contribution >= 4 is 5.91 Å². The molecule has 1 aliphatic carbocycles. The summed E-state index contributed by atoms with van der Waals surface area (Å²) < 4.78 is 0. The van der Waals surface area contributed by atoms with Gasteiger partial charge in [0.25, 0.3) is 0 Å². The number of hydrogen-bond donors (Lipinski definition) is 0. The Balaban J connectivity index is 1.78. The molecule has 1 saturated carbocycles. The van der Waals surface area contributed by atoms with Crippen molar-refractivity contribution in [2.24, 2.45) is 11.8 Å². The first-order valence-electron chi connectivity index (χ1n) is 8.49. The molecular weight excluding hydrogens is 258 g/mol. The average Bonchev–Trinajstić information content (AvgIpc) is 2.53. The van der Waals surface area contributed by atoms with Gasteiger partial charge >= 0.3 is 0 Å². The lowest BCUT2D eigenvalue weighted by Gasteiger charge is -2.30. The second-order valence-electron chi connectivity index (χ2n) is 6.54. The Morgan fingerprint density at radius 2 is 1.81 bits per heavy atom. The van der Waals surface area contributed by atoms with Crippen molar-refractivity contribution in [2.75, 3.05) is 7.05 Å². The molecule has 0 bridgehead atoms. The van der Waals surface area contributed by atoms with E-state index in [0.717, 1.165) is 25.3 Å². The topological polar surface area (TPSA) is 20.3 Å². The highest BCUT2D eigenvalue weighted by molar-refractivity contribution is 5.78. The van der Waals surface area contributed by atoms with Gasteiger partial charge in [-0.15, -0.1) is 0 Å². The molecular formula is C19H29NO. The number of hydrogen-bond acceptors (Lipinski definition) is 1. The molecule has 0 saturated heterocycles. The molecule has 21 heavy (non-hydrogen) atoms. The zero-order chi connectivity index (χ0) is 15.1. The van der Waals surface area contributed by atoms with Crippen LogP contribution in [-0.4, -0.2) is 17.9 Å². The number of rotatable bonds is 6. The van der Waals surface area contributed by atoms with E-state index in [1.54, 1.807) is 0 Å². The minimum atomic E-state index is 0.261. The minimum absolute atomic E-state index is 0.261. The van der Waals surface area contributed by atoms with Gasteiger partial charge < -0.3 is 4.90 Å². The second-order valence-corrected chi connectivity index (χ2v) is 6.54. The minimum Gasteiger partial charge on any atom is -0.341 e. The maximum absolute atomic E-state index is 12.5. The van der Waals surface area contributed by atoms with Crippen molar-refractivity contribution < 1.29 is 4.79 Å². The van der Waals surface area contributed by atoms with Gasteiger partial charge in [0.05, 0.1) is 0 Å². The zero-order valence-electron chi connectivity index (χ0n) is 13.6. The van der Waals surface area contributed by atoms with Crippen LogP contribution in [0.5, 0.6) is 0 Å². The van der Waals surface area contributed by atoms with E-state index in [2.05, 4.69) is 19.1 Å².